The Morgan fingerprint density at radius 2 is 1.91 bits per heavy atom. The first-order chi connectivity index (χ1) is 11.0. The lowest BCUT2D eigenvalue weighted by Gasteiger charge is -2.36. The summed E-state index contributed by atoms with van der Waals surface area (Å²) in [6, 6.07) is 7.65. The number of hydrogen-bond acceptors (Lipinski definition) is 3. The Morgan fingerprint density at radius 1 is 1.26 bits per heavy atom. The van der Waals surface area contributed by atoms with Gasteiger partial charge in [0.15, 0.2) is 0 Å². The van der Waals surface area contributed by atoms with E-state index in [1.807, 2.05) is 36.1 Å². The number of hydrogen-bond donors (Lipinski definition) is 0. The number of methoxy groups -OCH3 is 1. The van der Waals surface area contributed by atoms with Crippen molar-refractivity contribution in [3.63, 3.8) is 0 Å². The molecule has 126 valence electrons. The molecule has 0 aliphatic heterocycles. The molecule has 1 aromatic carbocycles. The van der Waals surface area contributed by atoms with Gasteiger partial charge in [-0.3, -0.25) is 9.59 Å². The largest absolute Gasteiger partial charge is 0.469 e. The van der Waals surface area contributed by atoms with E-state index in [0.29, 0.717) is 12.1 Å². The van der Waals surface area contributed by atoms with Gasteiger partial charge in [0.1, 0.15) is 0 Å². The average molecular weight is 382 g/mol. The standard InChI is InChI=1S/C18H24BrNO3/c1-13(18(22)23-2)12-20(14-8-4-3-5-9-14)17(21)15-10-6-7-11-16(15)19/h6-7,10-11,13-14H,3-5,8-9,12H2,1-2H3. The van der Waals surface area contributed by atoms with Crippen LogP contribution in [0.15, 0.2) is 28.7 Å². The zero-order valence-electron chi connectivity index (χ0n) is 13.8. The molecule has 1 aromatic rings. The minimum absolute atomic E-state index is 0.0138. The predicted molar refractivity (Wildman–Crippen MR) is 93.2 cm³/mol. The fourth-order valence-electron chi connectivity index (χ4n) is 3.15. The summed E-state index contributed by atoms with van der Waals surface area (Å²) in [6.07, 6.45) is 5.50. The second-order valence-electron chi connectivity index (χ2n) is 6.15. The highest BCUT2D eigenvalue weighted by Crippen LogP contribution is 2.27. The van der Waals surface area contributed by atoms with Crippen LogP contribution in [0.1, 0.15) is 49.4 Å². The van der Waals surface area contributed by atoms with Crippen LogP contribution in [-0.2, 0) is 9.53 Å². The van der Waals surface area contributed by atoms with E-state index in [0.717, 1.165) is 30.2 Å². The number of nitrogens with zero attached hydrogens (tertiary/aromatic N) is 1. The lowest BCUT2D eigenvalue weighted by molar-refractivity contribution is -0.145. The summed E-state index contributed by atoms with van der Waals surface area (Å²) in [5.41, 5.74) is 0.648. The smallest absolute Gasteiger partial charge is 0.310 e. The first kappa shape index (κ1) is 18.0. The van der Waals surface area contributed by atoms with Crippen molar-refractivity contribution in [1.82, 2.24) is 4.90 Å². The van der Waals surface area contributed by atoms with Crippen LogP contribution in [0.25, 0.3) is 0 Å². The molecule has 1 saturated carbocycles. The highest BCUT2D eigenvalue weighted by molar-refractivity contribution is 9.10. The Kier molecular flexibility index (Phi) is 6.63. The number of rotatable bonds is 5. The van der Waals surface area contributed by atoms with Gasteiger partial charge < -0.3 is 9.64 Å². The molecule has 0 radical (unpaired) electrons. The number of amides is 1. The van der Waals surface area contributed by atoms with Gasteiger partial charge in [0.25, 0.3) is 5.91 Å². The monoisotopic (exact) mass is 381 g/mol. The minimum atomic E-state index is -0.326. The second-order valence-corrected chi connectivity index (χ2v) is 7.01. The molecule has 2 rings (SSSR count). The normalized spacial score (nSPS) is 16.7. The minimum Gasteiger partial charge on any atom is -0.469 e. The third-order valence-electron chi connectivity index (χ3n) is 4.45. The van der Waals surface area contributed by atoms with Gasteiger partial charge in [0.05, 0.1) is 18.6 Å². The SMILES string of the molecule is COC(=O)C(C)CN(C(=O)c1ccccc1Br)C1CCCCC1. The zero-order valence-corrected chi connectivity index (χ0v) is 15.3. The summed E-state index contributed by atoms with van der Waals surface area (Å²) in [5, 5.41) is 0. The Balaban J connectivity index is 2.23. The molecule has 1 unspecified atom stereocenters. The molecule has 1 atom stereocenters. The van der Waals surface area contributed by atoms with Crippen molar-refractivity contribution in [2.24, 2.45) is 5.92 Å². The van der Waals surface area contributed by atoms with Crippen LogP contribution < -0.4 is 0 Å². The predicted octanol–water partition coefficient (Wildman–Crippen LogP) is 4.03. The van der Waals surface area contributed by atoms with Crippen molar-refractivity contribution in [3.8, 4) is 0 Å². The molecule has 0 N–H and O–H groups in total. The fourth-order valence-corrected chi connectivity index (χ4v) is 3.61. The van der Waals surface area contributed by atoms with E-state index in [-0.39, 0.29) is 23.8 Å². The molecule has 1 aliphatic carbocycles. The molecule has 1 amide bonds. The molecular weight excluding hydrogens is 358 g/mol. The number of carbonyl (C=O) groups excluding carboxylic acids is 2. The summed E-state index contributed by atoms with van der Waals surface area (Å²) < 4.78 is 5.61. The van der Waals surface area contributed by atoms with Crippen LogP contribution >= 0.6 is 15.9 Å². The molecule has 4 nitrogen and oxygen atoms in total. The Labute approximate surface area is 146 Å². The molecular formula is C18H24BrNO3. The highest BCUT2D eigenvalue weighted by Gasteiger charge is 2.30. The Hall–Kier alpha value is -1.36. The molecule has 0 spiro atoms. The first-order valence-corrected chi connectivity index (χ1v) is 8.97. The molecule has 0 aromatic heterocycles. The topological polar surface area (TPSA) is 46.6 Å². The Bertz CT molecular complexity index is 555. The van der Waals surface area contributed by atoms with Crippen LogP contribution in [0, 0.1) is 5.92 Å². The summed E-state index contributed by atoms with van der Waals surface area (Å²) in [4.78, 5) is 26.7. The van der Waals surface area contributed by atoms with E-state index in [1.54, 1.807) is 0 Å². The lowest BCUT2D eigenvalue weighted by Crippen LogP contribution is -2.45. The van der Waals surface area contributed by atoms with E-state index in [2.05, 4.69) is 15.9 Å². The van der Waals surface area contributed by atoms with E-state index in [4.69, 9.17) is 4.74 Å². The summed E-state index contributed by atoms with van der Waals surface area (Å²) >= 11 is 3.46. The van der Waals surface area contributed by atoms with Gasteiger partial charge in [-0.25, -0.2) is 0 Å². The molecule has 1 aliphatic rings. The molecule has 1 fully saturated rings. The van der Waals surface area contributed by atoms with Crippen molar-refractivity contribution in [2.75, 3.05) is 13.7 Å². The molecule has 23 heavy (non-hydrogen) atoms. The third kappa shape index (κ3) is 4.56. The van der Waals surface area contributed by atoms with Crippen molar-refractivity contribution >= 4 is 27.8 Å². The molecule has 0 saturated heterocycles. The van der Waals surface area contributed by atoms with Crippen LogP contribution in [0.2, 0.25) is 0 Å². The lowest BCUT2D eigenvalue weighted by atomic mass is 9.93. The van der Waals surface area contributed by atoms with E-state index >= 15 is 0 Å². The van der Waals surface area contributed by atoms with Crippen molar-refractivity contribution in [2.45, 2.75) is 45.1 Å². The van der Waals surface area contributed by atoms with Gasteiger partial charge in [-0.1, -0.05) is 38.3 Å². The molecule has 5 heteroatoms. The number of esters is 1. The number of carbonyl (C=O) groups is 2. The van der Waals surface area contributed by atoms with Crippen LogP contribution in [0.4, 0.5) is 0 Å². The Morgan fingerprint density at radius 3 is 2.52 bits per heavy atom. The van der Waals surface area contributed by atoms with Gasteiger partial charge in [-0.05, 0) is 40.9 Å². The molecule has 0 bridgehead atoms. The van der Waals surface area contributed by atoms with Gasteiger partial charge in [-0.15, -0.1) is 0 Å². The maximum atomic E-state index is 13.1. The second kappa shape index (κ2) is 8.48. The number of benzene rings is 1. The van der Waals surface area contributed by atoms with Crippen LogP contribution in [-0.4, -0.2) is 36.5 Å². The fraction of sp³-hybridized carbons (Fsp3) is 0.556. The highest BCUT2D eigenvalue weighted by atomic mass is 79.9. The maximum absolute atomic E-state index is 13.1. The third-order valence-corrected chi connectivity index (χ3v) is 5.15. The maximum Gasteiger partial charge on any atom is 0.310 e. The van der Waals surface area contributed by atoms with Gasteiger partial charge in [-0.2, -0.15) is 0 Å². The van der Waals surface area contributed by atoms with Crippen LogP contribution in [0.3, 0.4) is 0 Å². The van der Waals surface area contributed by atoms with E-state index in [1.165, 1.54) is 13.5 Å². The number of halogens is 1. The molecule has 0 heterocycles. The van der Waals surface area contributed by atoms with Gasteiger partial charge >= 0.3 is 5.97 Å². The van der Waals surface area contributed by atoms with Crippen LogP contribution in [0.5, 0.6) is 0 Å². The van der Waals surface area contributed by atoms with Gasteiger partial charge in [0.2, 0.25) is 0 Å². The summed E-state index contributed by atoms with van der Waals surface area (Å²) in [5.74, 6) is -0.612. The van der Waals surface area contributed by atoms with E-state index in [9.17, 15) is 9.59 Å². The summed E-state index contributed by atoms with van der Waals surface area (Å²) in [6.45, 7) is 2.21. The zero-order chi connectivity index (χ0) is 16.8. The average Bonchev–Trinajstić information content (AvgIpc) is 2.59. The number of ether oxygens (including phenoxy) is 1. The van der Waals surface area contributed by atoms with Crippen molar-refractivity contribution < 1.29 is 14.3 Å². The van der Waals surface area contributed by atoms with Crippen molar-refractivity contribution in [1.29, 1.82) is 0 Å². The van der Waals surface area contributed by atoms with Crippen molar-refractivity contribution in [3.05, 3.63) is 34.3 Å². The van der Waals surface area contributed by atoms with E-state index < -0.39 is 0 Å². The summed E-state index contributed by atoms with van der Waals surface area (Å²) in [7, 11) is 1.39. The first-order valence-electron chi connectivity index (χ1n) is 8.18. The van der Waals surface area contributed by atoms with Gasteiger partial charge in [0, 0.05) is 17.1 Å². The quantitative estimate of drug-likeness (QED) is 0.723.